The average molecular weight is 317 g/mol. The molecule has 0 radical (unpaired) electrons. The molecule has 1 atom stereocenters. The van der Waals surface area contributed by atoms with Crippen LogP contribution in [0.4, 0.5) is 16.2 Å². The van der Waals surface area contributed by atoms with Crippen LogP contribution in [0.2, 0.25) is 0 Å². The molecule has 3 rings (SSSR count). The minimum Gasteiger partial charge on any atom is -0.442 e. The maximum atomic E-state index is 11.9. The molecule has 23 heavy (non-hydrogen) atoms. The van der Waals surface area contributed by atoms with Gasteiger partial charge >= 0.3 is 6.09 Å². The number of anilines is 2. The summed E-state index contributed by atoms with van der Waals surface area (Å²) >= 11 is 0. The van der Waals surface area contributed by atoms with Gasteiger partial charge in [-0.05, 0) is 30.7 Å². The Balaban J connectivity index is 1.66. The highest BCUT2D eigenvalue weighted by Gasteiger charge is 2.32. The first-order chi connectivity index (χ1) is 11.0. The van der Waals surface area contributed by atoms with Crippen LogP contribution >= 0.6 is 0 Å². The number of rotatable bonds is 4. The van der Waals surface area contributed by atoms with Gasteiger partial charge in [-0.1, -0.05) is 0 Å². The number of nitrogens with zero attached hydrogens (tertiary/aromatic N) is 2. The molecule has 0 spiro atoms. The van der Waals surface area contributed by atoms with Gasteiger partial charge in [-0.15, -0.1) is 0 Å². The first-order valence-corrected chi connectivity index (χ1v) is 7.67. The van der Waals surface area contributed by atoms with Crippen molar-refractivity contribution in [2.75, 3.05) is 29.4 Å². The number of nitrogens with one attached hydrogen (secondary N) is 1. The van der Waals surface area contributed by atoms with E-state index in [2.05, 4.69) is 5.32 Å². The van der Waals surface area contributed by atoms with E-state index in [4.69, 9.17) is 4.74 Å². The van der Waals surface area contributed by atoms with Gasteiger partial charge in [0.15, 0.2) is 0 Å². The molecule has 2 aliphatic heterocycles. The van der Waals surface area contributed by atoms with E-state index in [1.165, 1.54) is 11.8 Å². The Bertz CT molecular complexity index is 629. The molecule has 7 heteroatoms. The lowest BCUT2D eigenvalue weighted by molar-refractivity contribution is -0.119. The molecule has 1 N–H and O–H groups in total. The fraction of sp³-hybridized carbons (Fsp3) is 0.438. The van der Waals surface area contributed by atoms with E-state index in [0.29, 0.717) is 19.5 Å². The van der Waals surface area contributed by atoms with Crippen molar-refractivity contribution >= 4 is 29.3 Å². The summed E-state index contributed by atoms with van der Waals surface area (Å²) in [5, 5.41) is 2.64. The van der Waals surface area contributed by atoms with E-state index in [9.17, 15) is 14.4 Å². The summed E-state index contributed by atoms with van der Waals surface area (Å²) in [5.74, 6) is -0.0205. The molecule has 1 aromatic carbocycles. The molecule has 122 valence electrons. The number of hydrogen-bond donors (Lipinski definition) is 1. The van der Waals surface area contributed by atoms with Crippen molar-refractivity contribution in [1.29, 1.82) is 0 Å². The van der Waals surface area contributed by atoms with E-state index in [0.717, 1.165) is 24.3 Å². The van der Waals surface area contributed by atoms with Gasteiger partial charge in [-0.2, -0.15) is 0 Å². The molecule has 1 unspecified atom stereocenters. The van der Waals surface area contributed by atoms with Crippen LogP contribution in [-0.2, 0) is 14.3 Å². The Morgan fingerprint density at radius 3 is 2.43 bits per heavy atom. The second-order valence-electron chi connectivity index (χ2n) is 5.72. The van der Waals surface area contributed by atoms with Gasteiger partial charge in [-0.3, -0.25) is 14.5 Å². The van der Waals surface area contributed by atoms with Crippen LogP contribution in [-0.4, -0.2) is 43.6 Å². The molecule has 2 fully saturated rings. The lowest BCUT2D eigenvalue weighted by Crippen LogP contribution is -2.33. The van der Waals surface area contributed by atoms with Crippen molar-refractivity contribution in [2.45, 2.75) is 25.9 Å². The highest BCUT2D eigenvalue weighted by molar-refractivity contribution is 5.96. The van der Waals surface area contributed by atoms with Crippen molar-refractivity contribution in [1.82, 2.24) is 5.32 Å². The van der Waals surface area contributed by atoms with Crippen LogP contribution in [0.3, 0.4) is 0 Å². The molecule has 2 saturated heterocycles. The minimum absolute atomic E-state index is 0.133. The summed E-state index contributed by atoms with van der Waals surface area (Å²) in [6.45, 7) is 2.86. The summed E-state index contributed by atoms with van der Waals surface area (Å²) < 4.78 is 5.23. The van der Waals surface area contributed by atoms with E-state index in [1.807, 2.05) is 24.3 Å². The first-order valence-electron chi connectivity index (χ1n) is 7.67. The van der Waals surface area contributed by atoms with Crippen molar-refractivity contribution < 1.29 is 19.1 Å². The van der Waals surface area contributed by atoms with Gasteiger partial charge < -0.3 is 15.0 Å². The largest absolute Gasteiger partial charge is 0.442 e. The van der Waals surface area contributed by atoms with Gasteiger partial charge in [0.1, 0.15) is 6.10 Å². The Kier molecular flexibility index (Phi) is 4.18. The van der Waals surface area contributed by atoms with E-state index in [-0.39, 0.29) is 17.9 Å². The zero-order valence-corrected chi connectivity index (χ0v) is 12.9. The van der Waals surface area contributed by atoms with Gasteiger partial charge in [0, 0.05) is 31.3 Å². The van der Waals surface area contributed by atoms with E-state index >= 15 is 0 Å². The number of carbonyl (C=O) groups is 3. The van der Waals surface area contributed by atoms with E-state index in [1.54, 1.807) is 4.90 Å². The second-order valence-corrected chi connectivity index (χ2v) is 5.72. The maximum absolute atomic E-state index is 11.9. The minimum atomic E-state index is -0.426. The van der Waals surface area contributed by atoms with Crippen molar-refractivity contribution in [2.24, 2.45) is 0 Å². The first kappa shape index (κ1) is 15.3. The fourth-order valence-corrected chi connectivity index (χ4v) is 2.83. The molecule has 0 saturated carbocycles. The van der Waals surface area contributed by atoms with E-state index < -0.39 is 6.09 Å². The summed E-state index contributed by atoms with van der Waals surface area (Å²) in [6, 6.07) is 7.30. The van der Waals surface area contributed by atoms with Gasteiger partial charge in [0.2, 0.25) is 11.8 Å². The fourth-order valence-electron chi connectivity index (χ4n) is 2.83. The number of hydrogen-bond acceptors (Lipinski definition) is 4. The van der Waals surface area contributed by atoms with Crippen LogP contribution < -0.4 is 15.1 Å². The molecule has 1 aromatic rings. The second kappa shape index (κ2) is 6.28. The molecule has 0 bridgehead atoms. The Labute approximate surface area is 134 Å². The third kappa shape index (κ3) is 3.28. The predicted octanol–water partition coefficient (Wildman–Crippen LogP) is 1.27. The molecule has 7 nitrogen and oxygen atoms in total. The third-order valence-electron chi connectivity index (χ3n) is 4.00. The Morgan fingerprint density at radius 2 is 1.87 bits per heavy atom. The number of amides is 3. The molecule has 0 aliphatic carbocycles. The summed E-state index contributed by atoms with van der Waals surface area (Å²) in [7, 11) is 0. The topological polar surface area (TPSA) is 79.0 Å². The monoisotopic (exact) mass is 317 g/mol. The van der Waals surface area contributed by atoms with Gasteiger partial charge in [0.05, 0.1) is 13.1 Å². The SMILES string of the molecule is CC(=O)NCC1CN(c2ccc(N3CCCC3=O)cc2)C(=O)O1. The van der Waals surface area contributed by atoms with Crippen LogP contribution in [0.5, 0.6) is 0 Å². The number of benzene rings is 1. The lowest BCUT2D eigenvalue weighted by atomic mass is 10.2. The van der Waals surface area contributed by atoms with Crippen LogP contribution in [0, 0.1) is 0 Å². The van der Waals surface area contributed by atoms with Crippen molar-refractivity contribution in [3.8, 4) is 0 Å². The molecular weight excluding hydrogens is 298 g/mol. The van der Waals surface area contributed by atoms with Gasteiger partial charge in [-0.25, -0.2) is 4.79 Å². The van der Waals surface area contributed by atoms with Crippen LogP contribution in [0.25, 0.3) is 0 Å². The normalized spacial score (nSPS) is 20.8. The molecular formula is C16H19N3O4. The highest BCUT2D eigenvalue weighted by Crippen LogP contribution is 2.27. The van der Waals surface area contributed by atoms with Crippen LogP contribution in [0.1, 0.15) is 19.8 Å². The van der Waals surface area contributed by atoms with Crippen LogP contribution in [0.15, 0.2) is 24.3 Å². The van der Waals surface area contributed by atoms with Crippen molar-refractivity contribution in [3.63, 3.8) is 0 Å². The zero-order valence-electron chi connectivity index (χ0n) is 12.9. The molecule has 2 heterocycles. The third-order valence-corrected chi connectivity index (χ3v) is 4.00. The highest BCUT2D eigenvalue weighted by atomic mass is 16.6. The zero-order chi connectivity index (χ0) is 16.4. The quantitative estimate of drug-likeness (QED) is 0.907. The molecule has 0 aromatic heterocycles. The molecule has 2 aliphatic rings. The Hall–Kier alpha value is -2.57. The summed E-state index contributed by atoms with van der Waals surface area (Å²) in [5.41, 5.74) is 1.56. The smallest absolute Gasteiger partial charge is 0.414 e. The van der Waals surface area contributed by atoms with Gasteiger partial charge in [0.25, 0.3) is 0 Å². The lowest BCUT2D eigenvalue weighted by Gasteiger charge is -2.18. The standard InChI is InChI=1S/C16H19N3O4/c1-11(20)17-9-14-10-19(16(22)23-14)13-6-4-12(5-7-13)18-8-2-3-15(18)21/h4-7,14H,2-3,8-10H2,1H3,(H,17,20). The summed E-state index contributed by atoms with van der Waals surface area (Å²) in [6.07, 6.45) is 0.686. The number of cyclic esters (lactones) is 1. The average Bonchev–Trinajstić information content (AvgIpc) is 3.11. The van der Waals surface area contributed by atoms with Crippen molar-refractivity contribution in [3.05, 3.63) is 24.3 Å². The number of ether oxygens (including phenoxy) is 1. The maximum Gasteiger partial charge on any atom is 0.414 e. The summed E-state index contributed by atoms with van der Waals surface area (Å²) in [4.78, 5) is 37.9. The Morgan fingerprint density at radius 1 is 1.22 bits per heavy atom. The predicted molar refractivity (Wildman–Crippen MR) is 84.3 cm³/mol. The number of carbonyl (C=O) groups excluding carboxylic acids is 3. The molecule has 3 amide bonds.